The molecule has 0 aromatic heterocycles. The highest BCUT2D eigenvalue weighted by Crippen LogP contribution is 2.16. The summed E-state index contributed by atoms with van der Waals surface area (Å²) < 4.78 is 0. The van der Waals surface area contributed by atoms with Crippen LogP contribution in [0.1, 0.15) is 20.3 Å². The molecular formula is C10H23N3. The van der Waals surface area contributed by atoms with E-state index in [1.54, 1.807) is 0 Å². The van der Waals surface area contributed by atoms with Gasteiger partial charge in [-0.05, 0) is 25.9 Å². The first-order valence-electron chi connectivity index (χ1n) is 5.27. The third kappa shape index (κ3) is 3.63. The lowest BCUT2D eigenvalue weighted by Crippen LogP contribution is -2.42. The van der Waals surface area contributed by atoms with E-state index < -0.39 is 0 Å². The van der Waals surface area contributed by atoms with Gasteiger partial charge in [-0.1, -0.05) is 13.8 Å². The summed E-state index contributed by atoms with van der Waals surface area (Å²) >= 11 is 0. The molecule has 1 rings (SSSR count). The lowest BCUT2D eigenvalue weighted by atomic mass is 10.00. The van der Waals surface area contributed by atoms with E-state index in [0.29, 0.717) is 18.0 Å². The minimum absolute atomic E-state index is 0.326. The molecule has 0 bridgehead atoms. The van der Waals surface area contributed by atoms with Gasteiger partial charge in [-0.3, -0.25) is 0 Å². The summed E-state index contributed by atoms with van der Waals surface area (Å²) in [5.74, 6) is 0.691. The average molecular weight is 185 g/mol. The van der Waals surface area contributed by atoms with Crippen molar-refractivity contribution in [1.29, 1.82) is 0 Å². The Kier molecular flexibility index (Phi) is 4.16. The molecule has 0 saturated carbocycles. The van der Waals surface area contributed by atoms with Gasteiger partial charge in [-0.25, -0.2) is 0 Å². The van der Waals surface area contributed by atoms with E-state index in [-0.39, 0.29) is 0 Å². The third-order valence-corrected chi connectivity index (χ3v) is 2.80. The molecule has 2 atom stereocenters. The van der Waals surface area contributed by atoms with Gasteiger partial charge >= 0.3 is 0 Å². The molecule has 1 saturated heterocycles. The molecule has 0 aromatic rings. The molecule has 3 nitrogen and oxygen atoms in total. The van der Waals surface area contributed by atoms with E-state index in [1.807, 2.05) is 0 Å². The van der Waals surface area contributed by atoms with E-state index in [2.05, 4.69) is 31.1 Å². The summed E-state index contributed by atoms with van der Waals surface area (Å²) in [6.45, 7) is 7.65. The van der Waals surface area contributed by atoms with Crippen molar-refractivity contribution in [2.45, 2.75) is 32.4 Å². The third-order valence-electron chi connectivity index (χ3n) is 2.80. The highest BCUT2D eigenvalue weighted by molar-refractivity contribution is 4.83. The van der Waals surface area contributed by atoms with Crippen LogP contribution in [0.4, 0.5) is 0 Å². The molecule has 0 amide bonds. The van der Waals surface area contributed by atoms with Crippen LogP contribution >= 0.6 is 0 Å². The van der Waals surface area contributed by atoms with Gasteiger partial charge in [0.15, 0.2) is 0 Å². The molecule has 0 aromatic carbocycles. The Labute approximate surface area is 81.7 Å². The zero-order chi connectivity index (χ0) is 9.84. The quantitative estimate of drug-likeness (QED) is 0.660. The van der Waals surface area contributed by atoms with Crippen molar-refractivity contribution in [2.75, 3.05) is 26.7 Å². The molecule has 3 heteroatoms. The minimum Gasteiger partial charge on any atom is -0.326 e. The number of nitrogens with zero attached hydrogens (tertiary/aromatic N) is 1. The smallest absolute Gasteiger partial charge is 0.0206 e. The van der Waals surface area contributed by atoms with Crippen LogP contribution in [-0.4, -0.2) is 43.7 Å². The molecule has 0 spiro atoms. The second kappa shape index (κ2) is 4.94. The zero-order valence-corrected chi connectivity index (χ0v) is 9.09. The van der Waals surface area contributed by atoms with Crippen LogP contribution in [-0.2, 0) is 0 Å². The molecule has 78 valence electrons. The second-order valence-corrected chi connectivity index (χ2v) is 4.54. The van der Waals surface area contributed by atoms with Crippen molar-refractivity contribution in [3.05, 3.63) is 0 Å². The molecule has 1 aliphatic heterocycles. The fourth-order valence-electron chi connectivity index (χ4n) is 1.86. The normalized spacial score (nSPS) is 27.0. The van der Waals surface area contributed by atoms with E-state index in [9.17, 15) is 0 Å². The van der Waals surface area contributed by atoms with Crippen LogP contribution < -0.4 is 11.1 Å². The monoisotopic (exact) mass is 185 g/mol. The number of hydrogen-bond acceptors (Lipinski definition) is 3. The minimum atomic E-state index is 0.326. The van der Waals surface area contributed by atoms with Crippen molar-refractivity contribution in [3.8, 4) is 0 Å². The number of nitrogens with two attached hydrogens (primary N) is 1. The molecular weight excluding hydrogens is 162 g/mol. The van der Waals surface area contributed by atoms with Gasteiger partial charge in [-0.2, -0.15) is 0 Å². The first kappa shape index (κ1) is 11.0. The highest BCUT2D eigenvalue weighted by Gasteiger charge is 2.24. The van der Waals surface area contributed by atoms with Crippen LogP contribution in [0.2, 0.25) is 0 Å². The van der Waals surface area contributed by atoms with Gasteiger partial charge in [0.25, 0.3) is 0 Å². The number of likely N-dealkylation sites (tertiary alicyclic amines) is 1. The zero-order valence-electron chi connectivity index (χ0n) is 9.09. The van der Waals surface area contributed by atoms with E-state index in [4.69, 9.17) is 5.73 Å². The van der Waals surface area contributed by atoms with Crippen LogP contribution in [0.15, 0.2) is 0 Å². The lowest BCUT2D eigenvalue weighted by molar-refractivity contribution is 0.357. The van der Waals surface area contributed by atoms with Crippen LogP contribution in [0.3, 0.4) is 0 Å². The van der Waals surface area contributed by atoms with Crippen molar-refractivity contribution in [2.24, 2.45) is 11.7 Å². The molecule has 2 unspecified atom stereocenters. The van der Waals surface area contributed by atoms with Gasteiger partial charge in [0.2, 0.25) is 0 Å². The summed E-state index contributed by atoms with van der Waals surface area (Å²) in [6, 6.07) is 0.873. The number of hydrogen-bond donors (Lipinski definition) is 2. The van der Waals surface area contributed by atoms with Crippen molar-refractivity contribution in [1.82, 2.24) is 10.2 Å². The van der Waals surface area contributed by atoms with E-state index in [0.717, 1.165) is 6.54 Å². The molecule has 1 aliphatic rings. The largest absolute Gasteiger partial charge is 0.326 e. The Morgan fingerprint density at radius 3 is 2.69 bits per heavy atom. The van der Waals surface area contributed by atoms with Gasteiger partial charge in [0, 0.05) is 25.2 Å². The maximum absolute atomic E-state index is 6.10. The van der Waals surface area contributed by atoms with Crippen LogP contribution in [0.25, 0.3) is 0 Å². The molecule has 1 fully saturated rings. The van der Waals surface area contributed by atoms with Gasteiger partial charge < -0.3 is 16.0 Å². The highest BCUT2D eigenvalue weighted by atomic mass is 15.1. The number of nitrogens with one attached hydrogen (secondary N) is 1. The van der Waals surface area contributed by atoms with Gasteiger partial charge in [0.1, 0.15) is 0 Å². The molecule has 0 aliphatic carbocycles. The summed E-state index contributed by atoms with van der Waals surface area (Å²) in [4.78, 5) is 2.36. The fraction of sp³-hybridized carbons (Fsp3) is 1.00. The average Bonchev–Trinajstić information content (AvgIpc) is 2.47. The topological polar surface area (TPSA) is 41.3 Å². The Morgan fingerprint density at radius 1 is 1.54 bits per heavy atom. The first-order chi connectivity index (χ1) is 6.09. The Hall–Kier alpha value is -0.120. The Bertz CT molecular complexity index is 147. The molecule has 3 N–H and O–H groups in total. The fourth-order valence-corrected chi connectivity index (χ4v) is 1.86. The van der Waals surface area contributed by atoms with Crippen LogP contribution in [0, 0.1) is 5.92 Å². The summed E-state index contributed by atoms with van der Waals surface area (Å²) in [6.07, 6.45) is 1.26. The summed E-state index contributed by atoms with van der Waals surface area (Å²) in [7, 11) is 2.17. The van der Waals surface area contributed by atoms with Crippen molar-refractivity contribution < 1.29 is 0 Å². The van der Waals surface area contributed by atoms with E-state index in [1.165, 1.54) is 19.5 Å². The first-order valence-corrected chi connectivity index (χ1v) is 5.27. The van der Waals surface area contributed by atoms with Crippen LogP contribution in [0.5, 0.6) is 0 Å². The maximum atomic E-state index is 6.10. The number of rotatable bonds is 4. The second-order valence-electron chi connectivity index (χ2n) is 4.54. The summed E-state index contributed by atoms with van der Waals surface area (Å²) in [5.41, 5.74) is 6.10. The maximum Gasteiger partial charge on any atom is 0.0206 e. The molecule has 1 heterocycles. The van der Waals surface area contributed by atoms with E-state index >= 15 is 0 Å². The molecule has 13 heavy (non-hydrogen) atoms. The predicted molar refractivity (Wildman–Crippen MR) is 56.7 cm³/mol. The summed E-state index contributed by atoms with van der Waals surface area (Å²) in [5, 5.41) is 3.39. The van der Waals surface area contributed by atoms with Crippen molar-refractivity contribution >= 4 is 0 Å². The Morgan fingerprint density at radius 2 is 2.23 bits per heavy atom. The van der Waals surface area contributed by atoms with Gasteiger partial charge in [-0.15, -0.1) is 0 Å². The SMILES string of the molecule is CC(C)NCC(N)C1CCN(C)C1. The molecule has 0 radical (unpaired) electrons. The lowest BCUT2D eigenvalue weighted by Gasteiger charge is -2.20. The Balaban J connectivity index is 2.19. The standard InChI is InChI=1S/C10H23N3/c1-8(2)12-6-10(11)9-4-5-13(3)7-9/h8-10,12H,4-7,11H2,1-3H3. The predicted octanol–water partition coefficient (Wildman–Crippen LogP) is 0.263. The van der Waals surface area contributed by atoms with Gasteiger partial charge in [0.05, 0.1) is 0 Å². The van der Waals surface area contributed by atoms with Crippen molar-refractivity contribution in [3.63, 3.8) is 0 Å².